The van der Waals surface area contributed by atoms with E-state index >= 15 is 0 Å². The molecule has 0 aliphatic rings. The van der Waals surface area contributed by atoms with E-state index in [2.05, 4.69) is 22.5 Å². The third-order valence-corrected chi connectivity index (χ3v) is 2.75. The molecule has 1 unspecified atom stereocenters. The molecule has 19 heavy (non-hydrogen) atoms. The Hall–Kier alpha value is -1.62. The molecule has 0 bridgehead atoms. The smallest absolute Gasteiger partial charge is 0.234 e. The number of pyridine rings is 1. The second-order valence-electron chi connectivity index (χ2n) is 4.57. The van der Waals surface area contributed by atoms with Gasteiger partial charge in [-0.25, -0.2) is 4.98 Å². The Kier molecular flexibility index (Phi) is 6.89. The number of hydrogen-bond acceptors (Lipinski definition) is 4. The average Bonchev–Trinajstić information content (AvgIpc) is 2.39. The first-order valence-corrected chi connectivity index (χ1v) is 6.64. The van der Waals surface area contributed by atoms with Gasteiger partial charge in [-0.3, -0.25) is 4.79 Å². The summed E-state index contributed by atoms with van der Waals surface area (Å²) in [7, 11) is 1.59. The Morgan fingerprint density at radius 2 is 2.26 bits per heavy atom. The molecule has 0 spiro atoms. The SMILES string of the molecule is CCCC(C)NC(=O)CNCc1ccc(OC)nc1. The number of methoxy groups -OCH3 is 1. The molecule has 0 aromatic carbocycles. The van der Waals surface area contributed by atoms with Crippen molar-refractivity contribution in [1.29, 1.82) is 0 Å². The summed E-state index contributed by atoms with van der Waals surface area (Å²) in [4.78, 5) is 15.7. The van der Waals surface area contributed by atoms with Gasteiger partial charge in [0.1, 0.15) is 0 Å². The van der Waals surface area contributed by atoms with Gasteiger partial charge in [0, 0.05) is 24.8 Å². The number of carbonyl (C=O) groups is 1. The Balaban J connectivity index is 2.23. The molecule has 1 amide bonds. The summed E-state index contributed by atoms with van der Waals surface area (Å²) in [5.41, 5.74) is 1.02. The molecule has 0 aliphatic heterocycles. The van der Waals surface area contributed by atoms with Crippen LogP contribution in [0.1, 0.15) is 32.3 Å². The van der Waals surface area contributed by atoms with E-state index in [1.807, 2.05) is 13.0 Å². The van der Waals surface area contributed by atoms with Crippen LogP contribution in [0.15, 0.2) is 18.3 Å². The molecule has 1 atom stereocenters. The molecule has 1 aromatic heterocycles. The number of carbonyl (C=O) groups excluding carboxylic acids is 1. The molecular weight excluding hydrogens is 242 g/mol. The van der Waals surface area contributed by atoms with Crippen molar-refractivity contribution in [3.63, 3.8) is 0 Å². The van der Waals surface area contributed by atoms with Crippen LogP contribution >= 0.6 is 0 Å². The van der Waals surface area contributed by atoms with E-state index in [9.17, 15) is 4.79 Å². The van der Waals surface area contributed by atoms with E-state index in [-0.39, 0.29) is 11.9 Å². The van der Waals surface area contributed by atoms with Gasteiger partial charge in [-0.2, -0.15) is 0 Å². The Bertz CT molecular complexity index is 379. The molecule has 0 aliphatic carbocycles. The van der Waals surface area contributed by atoms with Gasteiger partial charge in [-0.15, -0.1) is 0 Å². The highest BCUT2D eigenvalue weighted by atomic mass is 16.5. The number of rotatable bonds is 8. The lowest BCUT2D eigenvalue weighted by Gasteiger charge is -2.13. The Morgan fingerprint density at radius 1 is 1.47 bits per heavy atom. The highest BCUT2D eigenvalue weighted by molar-refractivity contribution is 5.78. The zero-order valence-corrected chi connectivity index (χ0v) is 11.9. The molecule has 0 saturated carbocycles. The summed E-state index contributed by atoms with van der Waals surface area (Å²) >= 11 is 0. The number of aromatic nitrogens is 1. The molecular formula is C14H23N3O2. The van der Waals surface area contributed by atoms with Gasteiger partial charge >= 0.3 is 0 Å². The summed E-state index contributed by atoms with van der Waals surface area (Å²) < 4.78 is 4.98. The molecule has 1 rings (SSSR count). The van der Waals surface area contributed by atoms with Gasteiger partial charge in [-0.1, -0.05) is 19.4 Å². The normalized spacial score (nSPS) is 11.9. The molecule has 106 valence electrons. The van der Waals surface area contributed by atoms with E-state index in [1.165, 1.54) is 0 Å². The van der Waals surface area contributed by atoms with E-state index < -0.39 is 0 Å². The zero-order valence-electron chi connectivity index (χ0n) is 11.9. The predicted octanol–water partition coefficient (Wildman–Crippen LogP) is 1.48. The third-order valence-electron chi connectivity index (χ3n) is 2.75. The van der Waals surface area contributed by atoms with Gasteiger partial charge in [-0.05, 0) is 18.9 Å². The fourth-order valence-electron chi connectivity index (χ4n) is 1.79. The maximum Gasteiger partial charge on any atom is 0.234 e. The van der Waals surface area contributed by atoms with E-state index in [0.29, 0.717) is 19.0 Å². The van der Waals surface area contributed by atoms with Crippen LogP contribution in [0.4, 0.5) is 0 Å². The average molecular weight is 265 g/mol. The van der Waals surface area contributed by atoms with Gasteiger partial charge in [0.15, 0.2) is 0 Å². The van der Waals surface area contributed by atoms with Crippen LogP contribution in [0.5, 0.6) is 5.88 Å². The van der Waals surface area contributed by atoms with Crippen LogP contribution in [-0.2, 0) is 11.3 Å². The first kappa shape index (κ1) is 15.4. The molecule has 5 heteroatoms. The lowest BCUT2D eigenvalue weighted by atomic mass is 10.2. The second kappa shape index (κ2) is 8.48. The molecule has 5 nitrogen and oxygen atoms in total. The monoisotopic (exact) mass is 265 g/mol. The number of nitrogens with zero attached hydrogens (tertiary/aromatic N) is 1. The van der Waals surface area contributed by atoms with Crippen LogP contribution in [0, 0.1) is 0 Å². The highest BCUT2D eigenvalue weighted by Crippen LogP contribution is 2.05. The molecule has 0 saturated heterocycles. The minimum absolute atomic E-state index is 0.0300. The van der Waals surface area contributed by atoms with Crippen molar-refractivity contribution in [2.45, 2.75) is 39.3 Å². The summed E-state index contributed by atoms with van der Waals surface area (Å²) in [5.74, 6) is 0.623. The molecule has 2 N–H and O–H groups in total. The predicted molar refractivity (Wildman–Crippen MR) is 75.0 cm³/mol. The van der Waals surface area contributed by atoms with Crippen LogP contribution in [0.25, 0.3) is 0 Å². The zero-order chi connectivity index (χ0) is 14.1. The van der Waals surface area contributed by atoms with Crippen LogP contribution in [-0.4, -0.2) is 30.6 Å². The third kappa shape index (κ3) is 6.20. The quantitative estimate of drug-likeness (QED) is 0.747. The minimum atomic E-state index is 0.0300. The number of hydrogen-bond donors (Lipinski definition) is 2. The van der Waals surface area contributed by atoms with Crippen LogP contribution in [0.3, 0.4) is 0 Å². The summed E-state index contributed by atoms with van der Waals surface area (Å²) in [6, 6.07) is 3.97. The summed E-state index contributed by atoms with van der Waals surface area (Å²) in [6.45, 7) is 5.07. The Labute approximate surface area is 114 Å². The van der Waals surface area contributed by atoms with Gasteiger partial charge in [0.25, 0.3) is 0 Å². The van der Waals surface area contributed by atoms with Crippen molar-refractivity contribution < 1.29 is 9.53 Å². The van der Waals surface area contributed by atoms with Crippen molar-refractivity contribution in [3.05, 3.63) is 23.9 Å². The fraction of sp³-hybridized carbons (Fsp3) is 0.571. The topological polar surface area (TPSA) is 63.2 Å². The lowest BCUT2D eigenvalue weighted by Crippen LogP contribution is -2.38. The van der Waals surface area contributed by atoms with Crippen molar-refractivity contribution in [1.82, 2.24) is 15.6 Å². The lowest BCUT2D eigenvalue weighted by molar-refractivity contribution is -0.120. The van der Waals surface area contributed by atoms with Crippen LogP contribution < -0.4 is 15.4 Å². The second-order valence-corrected chi connectivity index (χ2v) is 4.57. The molecule has 1 heterocycles. The first-order valence-electron chi connectivity index (χ1n) is 6.64. The Morgan fingerprint density at radius 3 is 2.84 bits per heavy atom. The highest BCUT2D eigenvalue weighted by Gasteiger charge is 2.05. The van der Waals surface area contributed by atoms with Gasteiger partial charge in [0.2, 0.25) is 11.8 Å². The number of nitrogens with one attached hydrogen (secondary N) is 2. The van der Waals surface area contributed by atoms with E-state index in [1.54, 1.807) is 19.4 Å². The maximum atomic E-state index is 11.6. The van der Waals surface area contributed by atoms with Gasteiger partial charge < -0.3 is 15.4 Å². The van der Waals surface area contributed by atoms with Crippen molar-refractivity contribution in [2.24, 2.45) is 0 Å². The van der Waals surface area contributed by atoms with Crippen LogP contribution in [0.2, 0.25) is 0 Å². The van der Waals surface area contributed by atoms with Crippen molar-refractivity contribution in [2.75, 3.05) is 13.7 Å². The molecule has 1 aromatic rings. The molecule has 0 fully saturated rings. The van der Waals surface area contributed by atoms with Crippen molar-refractivity contribution in [3.8, 4) is 5.88 Å². The summed E-state index contributed by atoms with van der Waals surface area (Å²) in [6.07, 6.45) is 3.82. The number of amides is 1. The summed E-state index contributed by atoms with van der Waals surface area (Å²) in [5, 5.41) is 6.04. The molecule has 0 radical (unpaired) electrons. The first-order chi connectivity index (χ1) is 9.15. The number of ether oxygens (including phenoxy) is 1. The standard InChI is InChI=1S/C14H23N3O2/c1-4-5-11(2)17-13(18)10-15-8-12-6-7-14(19-3)16-9-12/h6-7,9,11,15H,4-5,8,10H2,1-3H3,(H,17,18). The van der Waals surface area contributed by atoms with E-state index in [0.717, 1.165) is 18.4 Å². The largest absolute Gasteiger partial charge is 0.481 e. The minimum Gasteiger partial charge on any atom is -0.481 e. The maximum absolute atomic E-state index is 11.6. The van der Waals surface area contributed by atoms with Crippen molar-refractivity contribution >= 4 is 5.91 Å². The fourth-order valence-corrected chi connectivity index (χ4v) is 1.79. The van der Waals surface area contributed by atoms with E-state index in [4.69, 9.17) is 4.74 Å². The van der Waals surface area contributed by atoms with Gasteiger partial charge in [0.05, 0.1) is 13.7 Å².